The molecule has 0 saturated carbocycles. The average molecular weight is 220 g/mol. The zero-order chi connectivity index (χ0) is 11.4. The highest BCUT2D eigenvalue weighted by atomic mass is 16.3. The largest absolute Gasteiger partial charge is 0.393 e. The minimum atomic E-state index is -0.193. The van der Waals surface area contributed by atoms with E-state index in [1.165, 1.54) is 0 Å². The van der Waals surface area contributed by atoms with Gasteiger partial charge in [0, 0.05) is 19.3 Å². The van der Waals surface area contributed by atoms with Crippen LogP contribution in [0, 0.1) is 0 Å². The molecule has 1 aliphatic rings. The van der Waals surface area contributed by atoms with Crippen molar-refractivity contribution in [2.45, 2.75) is 18.9 Å². The lowest BCUT2D eigenvalue weighted by atomic mass is 10.1. The molecule has 0 atom stereocenters. The van der Waals surface area contributed by atoms with Gasteiger partial charge in [-0.3, -0.25) is 14.7 Å². The molecular weight excluding hydrogens is 204 g/mol. The van der Waals surface area contributed by atoms with Crippen LogP contribution in [0.25, 0.3) is 0 Å². The molecule has 16 heavy (non-hydrogen) atoms. The number of aliphatic hydroxyl groups is 1. The number of hydrogen-bond donors (Lipinski definition) is 1. The lowest BCUT2D eigenvalue weighted by molar-refractivity contribution is 0.0708. The molecule has 1 aromatic rings. The van der Waals surface area contributed by atoms with Crippen LogP contribution in [0.2, 0.25) is 0 Å². The maximum absolute atomic E-state index is 11.8. The topological polar surface area (TPSA) is 53.4 Å². The van der Waals surface area contributed by atoms with Crippen LogP contribution in [-0.2, 0) is 0 Å². The fraction of sp³-hybridized carbons (Fsp3) is 0.500. The van der Waals surface area contributed by atoms with Gasteiger partial charge in [-0.1, -0.05) is 6.07 Å². The Balaban J connectivity index is 1.88. The Bertz CT molecular complexity index is 345. The van der Waals surface area contributed by atoms with E-state index in [1.807, 2.05) is 6.07 Å². The predicted octanol–water partition coefficient (Wildman–Crippen LogP) is 0.721. The van der Waals surface area contributed by atoms with Crippen molar-refractivity contribution >= 4 is 5.78 Å². The van der Waals surface area contributed by atoms with E-state index in [9.17, 15) is 9.90 Å². The molecule has 1 fully saturated rings. The second-order valence-electron chi connectivity index (χ2n) is 4.15. The van der Waals surface area contributed by atoms with Crippen molar-refractivity contribution in [3.63, 3.8) is 0 Å². The number of nitrogens with zero attached hydrogens (tertiary/aromatic N) is 2. The number of aliphatic hydroxyl groups excluding tert-OH is 1. The molecule has 0 spiro atoms. The third-order valence-electron chi connectivity index (χ3n) is 2.87. The number of carbonyl (C=O) groups is 1. The van der Waals surface area contributed by atoms with Gasteiger partial charge in [-0.05, 0) is 25.0 Å². The Morgan fingerprint density at radius 1 is 1.44 bits per heavy atom. The Kier molecular flexibility index (Phi) is 3.64. The van der Waals surface area contributed by atoms with Gasteiger partial charge in [0.1, 0.15) is 5.69 Å². The number of rotatable bonds is 3. The van der Waals surface area contributed by atoms with E-state index in [-0.39, 0.29) is 11.9 Å². The van der Waals surface area contributed by atoms with Crippen LogP contribution >= 0.6 is 0 Å². The van der Waals surface area contributed by atoms with Gasteiger partial charge in [0.05, 0.1) is 12.6 Å². The quantitative estimate of drug-likeness (QED) is 0.763. The normalized spacial score (nSPS) is 18.6. The fourth-order valence-corrected chi connectivity index (χ4v) is 1.89. The molecule has 4 nitrogen and oxygen atoms in total. The molecule has 0 aliphatic carbocycles. The van der Waals surface area contributed by atoms with Crippen LogP contribution in [0.5, 0.6) is 0 Å². The van der Waals surface area contributed by atoms with Gasteiger partial charge < -0.3 is 5.11 Å². The summed E-state index contributed by atoms with van der Waals surface area (Å²) in [4.78, 5) is 17.9. The Labute approximate surface area is 94.9 Å². The molecule has 1 aromatic heterocycles. The van der Waals surface area contributed by atoms with Gasteiger partial charge in [-0.25, -0.2) is 0 Å². The van der Waals surface area contributed by atoms with Crippen LogP contribution in [0.15, 0.2) is 24.4 Å². The second kappa shape index (κ2) is 5.18. The van der Waals surface area contributed by atoms with Crippen molar-refractivity contribution in [2.75, 3.05) is 19.6 Å². The zero-order valence-corrected chi connectivity index (χ0v) is 9.17. The summed E-state index contributed by atoms with van der Waals surface area (Å²) < 4.78 is 0. The molecule has 0 bridgehead atoms. The Hall–Kier alpha value is -1.26. The molecule has 1 saturated heterocycles. The molecule has 86 valence electrons. The fourth-order valence-electron chi connectivity index (χ4n) is 1.89. The maximum atomic E-state index is 11.8. The highest BCUT2D eigenvalue weighted by Crippen LogP contribution is 2.10. The first-order valence-electron chi connectivity index (χ1n) is 5.60. The number of Topliss-reactive ketones (excluding diaryl/α,β-unsaturated/α-hetero) is 1. The summed E-state index contributed by atoms with van der Waals surface area (Å²) in [5, 5.41) is 9.35. The molecule has 0 unspecified atom stereocenters. The standard InChI is InChI=1S/C12H16N2O2/c15-10-4-7-14(8-5-10)9-12(16)11-3-1-2-6-13-11/h1-3,6,10,15H,4-5,7-9H2. The van der Waals surface area contributed by atoms with E-state index in [2.05, 4.69) is 9.88 Å². The molecule has 4 heteroatoms. The van der Waals surface area contributed by atoms with Crippen molar-refractivity contribution in [1.29, 1.82) is 0 Å². The number of carbonyl (C=O) groups excluding carboxylic acids is 1. The molecular formula is C12H16N2O2. The van der Waals surface area contributed by atoms with Crippen molar-refractivity contribution in [1.82, 2.24) is 9.88 Å². The van der Waals surface area contributed by atoms with Crippen LogP contribution in [0.1, 0.15) is 23.3 Å². The van der Waals surface area contributed by atoms with Crippen molar-refractivity contribution in [2.24, 2.45) is 0 Å². The highest BCUT2D eigenvalue weighted by molar-refractivity contribution is 5.95. The van der Waals surface area contributed by atoms with Crippen LogP contribution in [-0.4, -0.2) is 46.5 Å². The highest BCUT2D eigenvalue weighted by Gasteiger charge is 2.19. The third-order valence-corrected chi connectivity index (χ3v) is 2.87. The number of likely N-dealkylation sites (tertiary alicyclic amines) is 1. The van der Waals surface area contributed by atoms with E-state index in [0.717, 1.165) is 25.9 Å². The monoisotopic (exact) mass is 220 g/mol. The summed E-state index contributed by atoms with van der Waals surface area (Å²) in [7, 11) is 0. The second-order valence-corrected chi connectivity index (χ2v) is 4.15. The van der Waals surface area contributed by atoms with Crippen LogP contribution < -0.4 is 0 Å². The summed E-state index contributed by atoms with van der Waals surface area (Å²) in [6, 6.07) is 5.36. The molecule has 1 aliphatic heterocycles. The third kappa shape index (κ3) is 2.87. The number of ketones is 1. The molecule has 2 rings (SSSR count). The molecule has 0 aromatic carbocycles. The Morgan fingerprint density at radius 2 is 2.19 bits per heavy atom. The first kappa shape index (κ1) is 11.2. The first-order chi connectivity index (χ1) is 7.75. The van der Waals surface area contributed by atoms with Crippen molar-refractivity contribution in [3.8, 4) is 0 Å². The van der Waals surface area contributed by atoms with Crippen LogP contribution in [0.4, 0.5) is 0 Å². The Morgan fingerprint density at radius 3 is 2.81 bits per heavy atom. The summed E-state index contributed by atoms with van der Waals surface area (Å²) in [6.07, 6.45) is 2.96. The van der Waals surface area contributed by atoms with E-state index in [1.54, 1.807) is 18.3 Å². The number of piperidine rings is 1. The SMILES string of the molecule is O=C(CN1CCC(O)CC1)c1ccccn1. The van der Waals surface area contributed by atoms with Gasteiger partial charge >= 0.3 is 0 Å². The van der Waals surface area contributed by atoms with Gasteiger partial charge in [0.25, 0.3) is 0 Å². The van der Waals surface area contributed by atoms with Gasteiger partial charge in [0.2, 0.25) is 0 Å². The van der Waals surface area contributed by atoms with E-state index in [4.69, 9.17) is 0 Å². The molecule has 0 radical (unpaired) electrons. The number of hydrogen-bond acceptors (Lipinski definition) is 4. The minimum Gasteiger partial charge on any atom is -0.393 e. The lowest BCUT2D eigenvalue weighted by Gasteiger charge is -2.28. The van der Waals surface area contributed by atoms with Gasteiger partial charge in [0.15, 0.2) is 5.78 Å². The van der Waals surface area contributed by atoms with E-state index >= 15 is 0 Å². The van der Waals surface area contributed by atoms with E-state index in [0.29, 0.717) is 12.2 Å². The van der Waals surface area contributed by atoms with Gasteiger partial charge in [-0.2, -0.15) is 0 Å². The summed E-state index contributed by atoms with van der Waals surface area (Å²) in [5.41, 5.74) is 0.522. The molecule has 0 amide bonds. The predicted molar refractivity (Wildman–Crippen MR) is 60.2 cm³/mol. The van der Waals surface area contributed by atoms with Gasteiger partial charge in [-0.15, -0.1) is 0 Å². The number of pyridine rings is 1. The minimum absolute atomic E-state index is 0.0528. The van der Waals surface area contributed by atoms with Crippen molar-refractivity contribution < 1.29 is 9.90 Å². The summed E-state index contributed by atoms with van der Waals surface area (Å²) >= 11 is 0. The average Bonchev–Trinajstić information content (AvgIpc) is 2.33. The smallest absolute Gasteiger partial charge is 0.195 e. The van der Waals surface area contributed by atoms with Crippen LogP contribution in [0.3, 0.4) is 0 Å². The van der Waals surface area contributed by atoms with E-state index < -0.39 is 0 Å². The first-order valence-corrected chi connectivity index (χ1v) is 5.60. The number of aromatic nitrogens is 1. The lowest BCUT2D eigenvalue weighted by Crippen LogP contribution is -2.39. The summed E-state index contributed by atoms with van der Waals surface area (Å²) in [6.45, 7) is 1.99. The van der Waals surface area contributed by atoms with Crippen molar-refractivity contribution in [3.05, 3.63) is 30.1 Å². The zero-order valence-electron chi connectivity index (χ0n) is 9.17. The molecule has 2 heterocycles. The maximum Gasteiger partial charge on any atom is 0.195 e. The molecule has 1 N–H and O–H groups in total. The summed E-state index contributed by atoms with van der Waals surface area (Å²) in [5.74, 6) is 0.0528.